The van der Waals surface area contributed by atoms with Crippen molar-refractivity contribution in [2.24, 2.45) is 5.73 Å². The molecule has 2 aromatic rings. The number of alkyl halides is 3. The number of hydrogen-bond acceptors (Lipinski definition) is 4. The van der Waals surface area contributed by atoms with E-state index in [1.54, 1.807) is 24.3 Å². The van der Waals surface area contributed by atoms with Crippen LogP contribution >= 0.6 is 0 Å². The summed E-state index contributed by atoms with van der Waals surface area (Å²) in [4.78, 5) is 12.2. The van der Waals surface area contributed by atoms with Crippen molar-refractivity contribution in [3.8, 4) is 17.2 Å². The highest BCUT2D eigenvalue weighted by Crippen LogP contribution is 2.40. The van der Waals surface area contributed by atoms with Crippen molar-refractivity contribution in [2.75, 3.05) is 7.11 Å². The summed E-state index contributed by atoms with van der Waals surface area (Å²) in [5.74, 6) is -0.231. The molecule has 0 saturated carbocycles. The summed E-state index contributed by atoms with van der Waals surface area (Å²) in [5.41, 5.74) is 4.99. The molecule has 0 atom stereocenters. The SMILES string of the molecule is COc1ccc(Oc2ccc(CNC(=O)C3(N)CC=CC3)cc2)c(C(F)(F)F)c1. The number of methoxy groups -OCH3 is 1. The van der Waals surface area contributed by atoms with E-state index in [9.17, 15) is 18.0 Å². The van der Waals surface area contributed by atoms with Crippen molar-refractivity contribution in [2.45, 2.75) is 31.1 Å². The minimum atomic E-state index is -4.58. The number of benzene rings is 2. The van der Waals surface area contributed by atoms with Crippen LogP contribution in [0.15, 0.2) is 54.6 Å². The number of amides is 1. The average molecular weight is 406 g/mol. The number of nitrogens with two attached hydrogens (primary N) is 1. The average Bonchev–Trinajstić information content (AvgIpc) is 3.14. The summed E-state index contributed by atoms with van der Waals surface area (Å²) in [6, 6.07) is 9.92. The summed E-state index contributed by atoms with van der Waals surface area (Å²) in [7, 11) is 1.29. The number of carbonyl (C=O) groups is 1. The lowest BCUT2D eigenvalue weighted by atomic mass is 9.97. The van der Waals surface area contributed by atoms with Gasteiger partial charge in [0.1, 0.15) is 28.4 Å². The number of rotatable bonds is 6. The van der Waals surface area contributed by atoms with Gasteiger partial charge in [-0.05, 0) is 48.7 Å². The van der Waals surface area contributed by atoms with Crippen molar-refractivity contribution in [3.05, 3.63) is 65.7 Å². The van der Waals surface area contributed by atoms with Gasteiger partial charge in [0, 0.05) is 6.54 Å². The fraction of sp³-hybridized carbons (Fsp3) is 0.286. The van der Waals surface area contributed by atoms with Crippen LogP contribution in [0, 0.1) is 0 Å². The third-order valence-electron chi connectivity index (χ3n) is 4.68. The quantitative estimate of drug-likeness (QED) is 0.707. The van der Waals surface area contributed by atoms with Gasteiger partial charge in [-0.3, -0.25) is 4.79 Å². The number of hydrogen-bond donors (Lipinski definition) is 2. The van der Waals surface area contributed by atoms with Crippen LogP contribution in [-0.2, 0) is 17.5 Å². The Morgan fingerprint density at radius 3 is 2.31 bits per heavy atom. The van der Waals surface area contributed by atoms with Crippen LogP contribution in [0.5, 0.6) is 17.2 Å². The van der Waals surface area contributed by atoms with Crippen LogP contribution in [0.4, 0.5) is 13.2 Å². The van der Waals surface area contributed by atoms with E-state index in [2.05, 4.69) is 5.32 Å². The van der Waals surface area contributed by atoms with Gasteiger partial charge in [-0.2, -0.15) is 13.2 Å². The highest BCUT2D eigenvalue weighted by atomic mass is 19.4. The highest BCUT2D eigenvalue weighted by molar-refractivity contribution is 5.87. The van der Waals surface area contributed by atoms with Crippen molar-refractivity contribution in [3.63, 3.8) is 0 Å². The summed E-state index contributed by atoms with van der Waals surface area (Å²) in [6.07, 6.45) is 0.158. The molecule has 0 spiro atoms. The molecule has 0 fully saturated rings. The number of carbonyl (C=O) groups excluding carboxylic acids is 1. The van der Waals surface area contributed by atoms with Gasteiger partial charge >= 0.3 is 6.18 Å². The zero-order valence-corrected chi connectivity index (χ0v) is 15.8. The molecule has 0 bridgehead atoms. The Kier molecular flexibility index (Phi) is 5.83. The summed E-state index contributed by atoms with van der Waals surface area (Å²) < 4.78 is 50.1. The molecule has 0 unspecified atom stereocenters. The molecule has 1 aliphatic carbocycles. The second kappa shape index (κ2) is 8.16. The maximum atomic E-state index is 13.3. The van der Waals surface area contributed by atoms with E-state index in [1.165, 1.54) is 19.2 Å². The van der Waals surface area contributed by atoms with Gasteiger partial charge in [0.25, 0.3) is 0 Å². The Labute approximate surface area is 166 Å². The first-order chi connectivity index (χ1) is 13.7. The Morgan fingerprint density at radius 1 is 1.10 bits per heavy atom. The van der Waals surface area contributed by atoms with E-state index in [4.69, 9.17) is 15.2 Å². The number of halogens is 3. The normalized spacial score (nSPS) is 15.2. The fourth-order valence-electron chi connectivity index (χ4n) is 2.96. The van der Waals surface area contributed by atoms with Gasteiger partial charge in [0.15, 0.2) is 0 Å². The van der Waals surface area contributed by atoms with Crippen molar-refractivity contribution < 1.29 is 27.4 Å². The van der Waals surface area contributed by atoms with E-state index in [0.717, 1.165) is 11.6 Å². The molecule has 5 nitrogen and oxygen atoms in total. The Hall–Kier alpha value is -3.00. The maximum absolute atomic E-state index is 13.3. The van der Waals surface area contributed by atoms with Gasteiger partial charge in [0.2, 0.25) is 5.91 Å². The summed E-state index contributed by atoms with van der Waals surface area (Å²) >= 11 is 0. The molecule has 8 heteroatoms. The molecular formula is C21H21F3N2O3. The van der Waals surface area contributed by atoms with Crippen LogP contribution in [-0.4, -0.2) is 18.6 Å². The first-order valence-electron chi connectivity index (χ1n) is 8.95. The molecule has 1 amide bonds. The van der Waals surface area contributed by atoms with E-state index in [-0.39, 0.29) is 29.7 Å². The van der Waals surface area contributed by atoms with Crippen molar-refractivity contribution in [1.29, 1.82) is 0 Å². The lowest BCUT2D eigenvalue weighted by molar-refractivity contribution is -0.138. The maximum Gasteiger partial charge on any atom is 0.420 e. The van der Waals surface area contributed by atoms with Crippen LogP contribution in [0.3, 0.4) is 0 Å². The Bertz CT molecular complexity index is 900. The molecule has 3 N–H and O–H groups in total. The second-order valence-corrected chi connectivity index (χ2v) is 6.82. The molecule has 0 radical (unpaired) electrons. The summed E-state index contributed by atoms with van der Waals surface area (Å²) in [5, 5.41) is 2.78. The molecule has 1 aliphatic rings. The van der Waals surface area contributed by atoms with Crippen molar-refractivity contribution >= 4 is 5.91 Å². The predicted molar refractivity (Wildman–Crippen MR) is 102 cm³/mol. The molecule has 3 rings (SSSR count). The van der Waals surface area contributed by atoms with E-state index in [0.29, 0.717) is 12.8 Å². The van der Waals surface area contributed by atoms with Crippen LogP contribution in [0.1, 0.15) is 24.0 Å². The zero-order chi connectivity index (χ0) is 21.1. The van der Waals surface area contributed by atoms with Gasteiger partial charge in [-0.1, -0.05) is 24.3 Å². The fourth-order valence-corrected chi connectivity index (χ4v) is 2.96. The minimum Gasteiger partial charge on any atom is -0.497 e. The standard InChI is InChI=1S/C21H21F3N2O3/c1-28-16-8-9-18(17(12-16)21(22,23)24)29-15-6-4-14(5-7-15)13-26-19(27)20(25)10-2-3-11-20/h2-9,12H,10-11,13,25H2,1H3,(H,26,27). The van der Waals surface area contributed by atoms with Gasteiger partial charge in [-0.15, -0.1) is 0 Å². The van der Waals surface area contributed by atoms with Gasteiger partial charge in [-0.25, -0.2) is 0 Å². The Morgan fingerprint density at radius 2 is 1.72 bits per heavy atom. The predicted octanol–water partition coefficient (Wildman–Crippen LogP) is 4.17. The van der Waals surface area contributed by atoms with Gasteiger partial charge in [0.05, 0.1) is 7.11 Å². The molecule has 29 heavy (non-hydrogen) atoms. The van der Waals surface area contributed by atoms with E-state index >= 15 is 0 Å². The summed E-state index contributed by atoms with van der Waals surface area (Å²) in [6.45, 7) is 0.258. The second-order valence-electron chi connectivity index (χ2n) is 6.82. The van der Waals surface area contributed by atoms with Crippen LogP contribution in [0.2, 0.25) is 0 Å². The van der Waals surface area contributed by atoms with E-state index in [1.807, 2.05) is 12.2 Å². The number of nitrogens with one attached hydrogen (secondary N) is 1. The first-order valence-corrected chi connectivity index (χ1v) is 8.95. The topological polar surface area (TPSA) is 73.6 Å². The molecule has 2 aromatic carbocycles. The largest absolute Gasteiger partial charge is 0.497 e. The molecule has 0 saturated heterocycles. The molecule has 0 heterocycles. The van der Waals surface area contributed by atoms with Crippen LogP contribution < -0.4 is 20.5 Å². The monoisotopic (exact) mass is 406 g/mol. The highest BCUT2D eigenvalue weighted by Gasteiger charge is 2.35. The number of ether oxygens (including phenoxy) is 2. The van der Waals surface area contributed by atoms with Crippen LogP contribution in [0.25, 0.3) is 0 Å². The lowest BCUT2D eigenvalue weighted by Gasteiger charge is -2.22. The van der Waals surface area contributed by atoms with Gasteiger partial charge < -0.3 is 20.5 Å². The Balaban J connectivity index is 1.66. The molecule has 0 aliphatic heterocycles. The third-order valence-corrected chi connectivity index (χ3v) is 4.68. The third kappa shape index (κ3) is 4.89. The molecular weight excluding hydrogens is 385 g/mol. The zero-order valence-electron chi connectivity index (χ0n) is 15.8. The van der Waals surface area contributed by atoms with E-state index < -0.39 is 17.3 Å². The first kappa shape index (κ1) is 20.7. The minimum absolute atomic E-state index is 0.0888. The molecule has 154 valence electrons. The smallest absolute Gasteiger partial charge is 0.420 e. The molecule has 0 aromatic heterocycles. The lowest BCUT2D eigenvalue weighted by Crippen LogP contribution is -2.51. The van der Waals surface area contributed by atoms with Crippen molar-refractivity contribution in [1.82, 2.24) is 5.32 Å².